The monoisotopic (exact) mass is 367 g/mol. The molecule has 0 saturated carbocycles. The highest BCUT2D eigenvalue weighted by molar-refractivity contribution is 5.95. The zero-order valence-corrected chi connectivity index (χ0v) is 15.4. The molecule has 0 radical (unpaired) electrons. The number of amides is 1. The highest BCUT2D eigenvalue weighted by Gasteiger charge is 2.25. The Hall–Kier alpha value is -3.42. The van der Waals surface area contributed by atoms with Gasteiger partial charge in [0, 0.05) is 11.8 Å². The number of carbonyl (C=O) groups is 1. The van der Waals surface area contributed by atoms with Crippen LogP contribution in [-0.2, 0) is 11.2 Å². The molecule has 27 heavy (non-hydrogen) atoms. The van der Waals surface area contributed by atoms with E-state index < -0.39 is 5.92 Å². The van der Waals surface area contributed by atoms with Crippen molar-refractivity contribution in [2.75, 3.05) is 19.5 Å². The van der Waals surface area contributed by atoms with E-state index >= 15 is 0 Å². The quantitative estimate of drug-likeness (QED) is 0.665. The molecule has 1 atom stereocenters. The molecule has 0 aliphatic rings. The largest absolute Gasteiger partial charge is 0.493 e. The van der Waals surface area contributed by atoms with E-state index in [1.165, 1.54) is 0 Å². The summed E-state index contributed by atoms with van der Waals surface area (Å²) in [6.07, 6.45) is 0.459. The smallest absolute Gasteiger partial charge is 0.235 e. The van der Waals surface area contributed by atoms with Crippen LogP contribution in [0.5, 0.6) is 11.5 Å². The fraction of sp³-hybridized carbons (Fsp3) is 0.263. The van der Waals surface area contributed by atoms with Gasteiger partial charge in [-0.3, -0.25) is 4.79 Å². The Bertz CT molecular complexity index is 911. The number of hydrogen-bond acceptors (Lipinski definition) is 6. The van der Waals surface area contributed by atoms with Crippen molar-refractivity contribution >= 4 is 11.6 Å². The first kappa shape index (κ1) is 18.4. The summed E-state index contributed by atoms with van der Waals surface area (Å²) in [7, 11) is 3.10. The van der Waals surface area contributed by atoms with E-state index in [4.69, 9.17) is 9.47 Å². The molecular weight excluding hydrogens is 346 g/mol. The lowest BCUT2D eigenvalue weighted by Gasteiger charge is -2.15. The fourth-order valence-corrected chi connectivity index (χ4v) is 2.84. The second-order valence-corrected chi connectivity index (χ2v) is 6.07. The Morgan fingerprint density at radius 1 is 1.15 bits per heavy atom. The van der Waals surface area contributed by atoms with Gasteiger partial charge in [0.2, 0.25) is 5.91 Å². The van der Waals surface area contributed by atoms with Crippen LogP contribution in [0, 0.1) is 6.92 Å². The highest BCUT2D eigenvalue weighted by Crippen LogP contribution is 2.30. The maximum Gasteiger partial charge on any atom is 0.235 e. The molecule has 0 aliphatic heterocycles. The lowest BCUT2D eigenvalue weighted by molar-refractivity contribution is -0.117. The van der Waals surface area contributed by atoms with Crippen molar-refractivity contribution in [1.82, 2.24) is 20.6 Å². The van der Waals surface area contributed by atoms with Crippen molar-refractivity contribution in [3.63, 3.8) is 0 Å². The standard InChI is InChI=1S/C19H21N5O3/c1-12-5-4-6-13(9-12)10-15(18-21-23-24-22-18)19(25)20-14-7-8-16(26-2)17(11-14)27-3/h4-9,11,15H,10H2,1-3H3,(H,20,25)(H,21,22,23,24). The van der Waals surface area contributed by atoms with Crippen LogP contribution in [0.25, 0.3) is 0 Å². The Morgan fingerprint density at radius 3 is 2.63 bits per heavy atom. The predicted octanol–water partition coefficient (Wildman–Crippen LogP) is 2.49. The van der Waals surface area contributed by atoms with Crippen molar-refractivity contribution in [3.8, 4) is 11.5 Å². The van der Waals surface area contributed by atoms with Gasteiger partial charge in [0.25, 0.3) is 0 Å². The molecule has 8 nitrogen and oxygen atoms in total. The van der Waals surface area contributed by atoms with Gasteiger partial charge in [0.15, 0.2) is 17.3 Å². The SMILES string of the molecule is COc1ccc(NC(=O)C(Cc2cccc(C)c2)c2nn[nH]n2)cc1OC. The topological polar surface area (TPSA) is 102 Å². The van der Waals surface area contributed by atoms with Crippen LogP contribution in [0.4, 0.5) is 5.69 Å². The zero-order chi connectivity index (χ0) is 19.2. The fourth-order valence-electron chi connectivity index (χ4n) is 2.84. The van der Waals surface area contributed by atoms with Gasteiger partial charge in [-0.15, -0.1) is 10.2 Å². The number of carbonyl (C=O) groups excluding carboxylic acids is 1. The number of aryl methyl sites for hydroxylation is 1. The third-order valence-corrected chi connectivity index (χ3v) is 4.16. The molecule has 3 aromatic rings. The summed E-state index contributed by atoms with van der Waals surface area (Å²) in [5.74, 6) is 0.647. The van der Waals surface area contributed by atoms with Crippen LogP contribution in [0.2, 0.25) is 0 Å². The summed E-state index contributed by atoms with van der Waals surface area (Å²) in [4.78, 5) is 12.9. The first-order valence-corrected chi connectivity index (χ1v) is 8.42. The minimum Gasteiger partial charge on any atom is -0.493 e. The zero-order valence-electron chi connectivity index (χ0n) is 15.4. The first-order chi connectivity index (χ1) is 13.1. The van der Waals surface area contributed by atoms with Crippen LogP contribution >= 0.6 is 0 Å². The Balaban J connectivity index is 1.83. The molecule has 0 fully saturated rings. The maximum absolute atomic E-state index is 12.9. The van der Waals surface area contributed by atoms with E-state index in [0.717, 1.165) is 11.1 Å². The molecule has 1 amide bonds. The molecule has 2 aromatic carbocycles. The molecular formula is C19H21N5O3. The third kappa shape index (κ3) is 4.41. The average Bonchev–Trinajstić information content (AvgIpc) is 3.20. The number of nitrogens with zero attached hydrogens (tertiary/aromatic N) is 3. The Labute approximate surface area is 156 Å². The number of benzene rings is 2. The number of hydrogen-bond donors (Lipinski definition) is 2. The lowest BCUT2D eigenvalue weighted by Crippen LogP contribution is -2.24. The van der Waals surface area contributed by atoms with Crippen LogP contribution in [-0.4, -0.2) is 40.8 Å². The number of aromatic nitrogens is 4. The van der Waals surface area contributed by atoms with Gasteiger partial charge in [0.1, 0.15) is 5.92 Å². The van der Waals surface area contributed by atoms with E-state index in [-0.39, 0.29) is 5.91 Å². The van der Waals surface area contributed by atoms with Crippen LogP contribution in [0.1, 0.15) is 22.9 Å². The van der Waals surface area contributed by atoms with Crippen molar-refractivity contribution < 1.29 is 14.3 Å². The molecule has 1 unspecified atom stereocenters. The number of rotatable bonds is 7. The predicted molar refractivity (Wildman–Crippen MR) is 100.0 cm³/mol. The van der Waals surface area contributed by atoms with Crippen molar-refractivity contribution in [1.29, 1.82) is 0 Å². The number of tetrazole rings is 1. The van der Waals surface area contributed by atoms with Crippen LogP contribution in [0.3, 0.4) is 0 Å². The summed E-state index contributed by atoms with van der Waals surface area (Å²) in [5, 5.41) is 16.9. The number of anilines is 1. The number of H-pyrrole nitrogens is 1. The highest BCUT2D eigenvalue weighted by atomic mass is 16.5. The van der Waals surface area contributed by atoms with Crippen molar-refractivity contribution in [3.05, 3.63) is 59.4 Å². The molecule has 1 aromatic heterocycles. The lowest BCUT2D eigenvalue weighted by atomic mass is 9.96. The van der Waals surface area contributed by atoms with Gasteiger partial charge in [0.05, 0.1) is 14.2 Å². The van der Waals surface area contributed by atoms with E-state index in [1.54, 1.807) is 32.4 Å². The molecule has 2 N–H and O–H groups in total. The Morgan fingerprint density at radius 2 is 1.96 bits per heavy atom. The van der Waals surface area contributed by atoms with Crippen molar-refractivity contribution in [2.45, 2.75) is 19.3 Å². The summed E-state index contributed by atoms with van der Waals surface area (Å²) in [6.45, 7) is 2.01. The number of ether oxygens (including phenoxy) is 2. The van der Waals surface area contributed by atoms with Gasteiger partial charge in [-0.25, -0.2) is 0 Å². The van der Waals surface area contributed by atoms with Gasteiger partial charge < -0.3 is 14.8 Å². The second kappa shape index (κ2) is 8.31. The van der Waals surface area contributed by atoms with E-state index in [9.17, 15) is 4.79 Å². The second-order valence-electron chi connectivity index (χ2n) is 6.07. The minimum atomic E-state index is -0.585. The van der Waals surface area contributed by atoms with Gasteiger partial charge in [-0.2, -0.15) is 5.21 Å². The molecule has 0 bridgehead atoms. The molecule has 0 aliphatic carbocycles. The molecule has 3 rings (SSSR count). The van der Waals surface area contributed by atoms with Crippen molar-refractivity contribution in [2.24, 2.45) is 0 Å². The molecule has 1 heterocycles. The van der Waals surface area contributed by atoms with E-state index in [2.05, 4.69) is 25.9 Å². The van der Waals surface area contributed by atoms with Crippen LogP contribution in [0.15, 0.2) is 42.5 Å². The summed E-state index contributed by atoms with van der Waals surface area (Å²) < 4.78 is 10.5. The molecule has 140 valence electrons. The summed E-state index contributed by atoms with van der Waals surface area (Å²) in [6, 6.07) is 13.2. The molecule has 8 heteroatoms. The maximum atomic E-state index is 12.9. The van der Waals surface area contributed by atoms with Gasteiger partial charge in [-0.05, 0) is 31.0 Å². The third-order valence-electron chi connectivity index (χ3n) is 4.16. The minimum absolute atomic E-state index is 0.231. The first-order valence-electron chi connectivity index (χ1n) is 8.42. The summed E-state index contributed by atoms with van der Waals surface area (Å²) in [5.41, 5.74) is 2.74. The number of nitrogens with one attached hydrogen (secondary N) is 2. The van der Waals surface area contributed by atoms with Gasteiger partial charge >= 0.3 is 0 Å². The summed E-state index contributed by atoms with van der Waals surface area (Å²) >= 11 is 0. The van der Waals surface area contributed by atoms with E-state index in [1.807, 2.05) is 31.2 Å². The number of aromatic amines is 1. The molecule has 0 saturated heterocycles. The van der Waals surface area contributed by atoms with Gasteiger partial charge in [-0.1, -0.05) is 35.0 Å². The van der Waals surface area contributed by atoms with Crippen LogP contribution < -0.4 is 14.8 Å². The molecule has 0 spiro atoms. The Kier molecular flexibility index (Phi) is 5.65. The number of methoxy groups -OCH3 is 2. The average molecular weight is 367 g/mol. The normalized spacial score (nSPS) is 11.7. The van der Waals surface area contributed by atoms with E-state index in [0.29, 0.717) is 29.4 Å².